The summed E-state index contributed by atoms with van der Waals surface area (Å²) in [5, 5.41) is 2.72. The maximum atomic E-state index is 12.5. The molecule has 1 unspecified atom stereocenters. The summed E-state index contributed by atoms with van der Waals surface area (Å²) < 4.78 is 4.74. The van der Waals surface area contributed by atoms with Gasteiger partial charge in [0.1, 0.15) is 11.9 Å². The molecule has 0 radical (unpaired) electrons. The highest BCUT2D eigenvalue weighted by atomic mass is 16.5. The number of fused-ring (bicyclic) bond motifs is 1. The number of esters is 1. The number of hydrogen-bond acceptors (Lipinski definition) is 5. The van der Waals surface area contributed by atoms with Crippen molar-refractivity contribution >= 4 is 29.5 Å². The number of amides is 1. The zero-order valence-electron chi connectivity index (χ0n) is 13.5. The van der Waals surface area contributed by atoms with Gasteiger partial charge in [-0.1, -0.05) is 32.0 Å². The van der Waals surface area contributed by atoms with Crippen LogP contribution >= 0.6 is 0 Å². The normalized spacial score (nSPS) is 15.0. The van der Waals surface area contributed by atoms with Crippen LogP contribution in [0.4, 0.5) is 5.69 Å². The highest BCUT2D eigenvalue weighted by Crippen LogP contribution is 2.26. The molecule has 0 bridgehead atoms. The van der Waals surface area contributed by atoms with Crippen LogP contribution in [0, 0.1) is 5.92 Å². The molecule has 3 N–H and O–H groups in total. The molecule has 0 saturated heterocycles. The Bertz CT molecular complexity index is 677. The average molecular weight is 315 g/mol. The minimum absolute atomic E-state index is 0.0870. The second-order valence-electron chi connectivity index (χ2n) is 5.73. The number of methoxy groups -OCH3 is 1. The van der Waals surface area contributed by atoms with Gasteiger partial charge in [-0.2, -0.15) is 0 Å². The van der Waals surface area contributed by atoms with Crippen molar-refractivity contribution in [3.63, 3.8) is 0 Å². The summed E-state index contributed by atoms with van der Waals surface area (Å²) in [6.45, 7) is 3.68. The third-order valence-electron chi connectivity index (χ3n) is 3.60. The number of ether oxygens (including phenoxy) is 1. The molecular formula is C17H21N3O3. The molecule has 1 aliphatic heterocycles. The summed E-state index contributed by atoms with van der Waals surface area (Å²) in [4.78, 5) is 28.6. The molecule has 1 atom stereocenters. The first-order valence-corrected chi connectivity index (χ1v) is 7.43. The largest absolute Gasteiger partial charge is 0.467 e. The second kappa shape index (κ2) is 7.09. The van der Waals surface area contributed by atoms with E-state index in [1.165, 1.54) is 7.11 Å². The van der Waals surface area contributed by atoms with Gasteiger partial charge in [0.25, 0.3) is 0 Å². The standard InChI is InChI=1S/C17H21N3O3/c1-10(2)15(17(22)23-3)20-16(21)12-8-11-6-4-5-7-13(11)19-14(18)9-12/h4-8,10,15H,9H2,1-3H3,(H2,18,19)(H,20,21). The van der Waals surface area contributed by atoms with E-state index in [9.17, 15) is 9.59 Å². The van der Waals surface area contributed by atoms with Crippen LogP contribution in [0.15, 0.2) is 34.8 Å². The number of carbonyl (C=O) groups is 2. The summed E-state index contributed by atoms with van der Waals surface area (Å²) in [6, 6.07) is 6.73. The molecule has 23 heavy (non-hydrogen) atoms. The average Bonchev–Trinajstić information content (AvgIpc) is 2.69. The number of nitrogens with two attached hydrogens (primary N) is 1. The monoisotopic (exact) mass is 315 g/mol. The van der Waals surface area contributed by atoms with Crippen molar-refractivity contribution in [1.82, 2.24) is 5.32 Å². The molecule has 122 valence electrons. The Balaban J connectivity index is 2.27. The topological polar surface area (TPSA) is 93.8 Å². The summed E-state index contributed by atoms with van der Waals surface area (Å²) >= 11 is 0. The third kappa shape index (κ3) is 3.97. The fraction of sp³-hybridized carbons (Fsp3) is 0.353. The van der Waals surface area contributed by atoms with Gasteiger partial charge in [0.05, 0.1) is 12.8 Å². The predicted molar refractivity (Wildman–Crippen MR) is 89.1 cm³/mol. The Morgan fingerprint density at radius 2 is 2.00 bits per heavy atom. The number of nitrogens with one attached hydrogen (secondary N) is 1. The fourth-order valence-electron chi connectivity index (χ4n) is 2.34. The molecule has 0 aliphatic carbocycles. The first kappa shape index (κ1) is 16.7. The van der Waals surface area contributed by atoms with E-state index >= 15 is 0 Å². The van der Waals surface area contributed by atoms with Crippen LogP contribution in [-0.2, 0) is 14.3 Å². The van der Waals surface area contributed by atoms with Gasteiger partial charge in [-0.05, 0) is 18.1 Å². The van der Waals surface area contributed by atoms with E-state index in [0.717, 1.165) is 11.3 Å². The van der Waals surface area contributed by atoms with Crippen LogP contribution in [0.25, 0.3) is 6.08 Å². The second-order valence-corrected chi connectivity index (χ2v) is 5.73. The minimum Gasteiger partial charge on any atom is -0.467 e. The maximum absolute atomic E-state index is 12.5. The third-order valence-corrected chi connectivity index (χ3v) is 3.60. The lowest BCUT2D eigenvalue weighted by Crippen LogP contribution is -2.45. The van der Waals surface area contributed by atoms with Crippen LogP contribution < -0.4 is 11.1 Å². The Morgan fingerprint density at radius 3 is 2.65 bits per heavy atom. The minimum atomic E-state index is -0.704. The van der Waals surface area contributed by atoms with Crippen molar-refractivity contribution in [2.45, 2.75) is 26.3 Å². The van der Waals surface area contributed by atoms with Crippen molar-refractivity contribution in [1.29, 1.82) is 0 Å². The lowest BCUT2D eigenvalue weighted by atomic mass is 10.0. The molecule has 1 aromatic rings. The van der Waals surface area contributed by atoms with Crippen molar-refractivity contribution < 1.29 is 14.3 Å². The summed E-state index contributed by atoms with van der Waals surface area (Å²) in [5.41, 5.74) is 7.90. The highest BCUT2D eigenvalue weighted by Gasteiger charge is 2.26. The number of nitrogens with zero attached hydrogens (tertiary/aromatic N) is 1. The van der Waals surface area contributed by atoms with E-state index in [2.05, 4.69) is 10.3 Å². The lowest BCUT2D eigenvalue weighted by molar-refractivity contribution is -0.145. The Morgan fingerprint density at radius 1 is 1.30 bits per heavy atom. The summed E-state index contributed by atoms with van der Waals surface area (Å²) in [5.74, 6) is -0.542. The SMILES string of the molecule is COC(=O)C(NC(=O)C1=Cc2ccccc2N=C(N)C1)C(C)C. The first-order chi connectivity index (χ1) is 10.9. The van der Waals surface area contributed by atoms with Gasteiger partial charge in [0, 0.05) is 17.6 Å². The molecular weight excluding hydrogens is 294 g/mol. The van der Waals surface area contributed by atoms with E-state index < -0.39 is 12.0 Å². The van der Waals surface area contributed by atoms with Gasteiger partial charge in [0.2, 0.25) is 5.91 Å². The number of para-hydroxylation sites is 1. The molecule has 1 heterocycles. The van der Waals surface area contributed by atoms with Crippen LogP contribution in [0.2, 0.25) is 0 Å². The van der Waals surface area contributed by atoms with Crippen LogP contribution in [-0.4, -0.2) is 30.9 Å². The first-order valence-electron chi connectivity index (χ1n) is 7.43. The van der Waals surface area contributed by atoms with Crippen molar-refractivity contribution in [2.24, 2.45) is 16.6 Å². The predicted octanol–water partition coefficient (Wildman–Crippen LogP) is 1.78. The van der Waals surface area contributed by atoms with Gasteiger partial charge in [-0.3, -0.25) is 4.79 Å². The number of hydrogen-bond donors (Lipinski definition) is 2. The zero-order valence-corrected chi connectivity index (χ0v) is 13.5. The van der Waals surface area contributed by atoms with E-state index in [1.807, 2.05) is 38.1 Å². The maximum Gasteiger partial charge on any atom is 0.328 e. The molecule has 0 aromatic heterocycles. The molecule has 1 aromatic carbocycles. The number of amidine groups is 1. The quantitative estimate of drug-likeness (QED) is 0.828. The van der Waals surface area contributed by atoms with Crippen molar-refractivity contribution in [3.8, 4) is 0 Å². The zero-order chi connectivity index (χ0) is 17.0. The Labute approximate surface area is 135 Å². The Hall–Kier alpha value is -2.63. The molecule has 1 aliphatic rings. The number of rotatable bonds is 4. The van der Waals surface area contributed by atoms with Gasteiger partial charge in [-0.15, -0.1) is 0 Å². The molecule has 0 fully saturated rings. The van der Waals surface area contributed by atoms with Crippen molar-refractivity contribution in [3.05, 3.63) is 35.4 Å². The summed E-state index contributed by atoms with van der Waals surface area (Å²) in [7, 11) is 1.30. The fourth-order valence-corrected chi connectivity index (χ4v) is 2.34. The molecule has 6 nitrogen and oxygen atoms in total. The molecule has 0 spiro atoms. The molecule has 2 rings (SSSR count). The van der Waals surface area contributed by atoms with Crippen LogP contribution in [0.3, 0.4) is 0 Å². The lowest BCUT2D eigenvalue weighted by Gasteiger charge is -2.20. The number of carbonyl (C=O) groups excluding carboxylic acids is 2. The summed E-state index contributed by atoms with van der Waals surface area (Å²) in [6.07, 6.45) is 1.98. The number of aliphatic imine (C=N–C) groups is 1. The molecule has 0 saturated carbocycles. The van der Waals surface area contributed by atoms with E-state index in [0.29, 0.717) is 11.4 Å². The van der Waals surface area contributed by atoms with Crippen LogP contribution in [0.1, 0.15) is 25.8 Å². The molecule has 6 heteroatoms. The van der Waals surface area contributed by atoms with E-state index in [4.69, 9.17) is 10.5 Å². The van der Waals surface area contributed by atoms with Crippen molar-refractivity contribution in [2.75, 3.05) is 7.11 Å². The van der Waals surface area contributed by atoms with Gasteiger partial charge in [0.15, 0.2) is 0 Å². The smallest absolute Gasteiger partial charge is 0.328 e. The highest BCUT2D eigenvalue weighted by molar-refractivity contribution is 6.06. The van der Waals surface area contributed by atoms with E-state index in [1.54, 1.807) is 6.08 Å². The Kier molecular flexibility index (Phi) is 5.16. The van der Waals surface area contributed by atoms with Crippen LogP contribution in [0.5, 0.6) is 0 Å². The van der Waals surface area contributed by atoms with Gasteiger partial charge in [-0.25, -0.2) is 9.79 Å². The van der Waals surface area contributed by atoms with Gasteiger partial charge >= 0.3 is 5.97 Å². The molecule has 1 amide bonds. The number of benzene rings is 1. The van der Waals surface area contributed by atoms with E-state index in [-0.39, 0.29) is 18.2 Å². The van der Waals surface area contributed by atoms with Gasteiger partial charge < -0.3 is 15.8 Å².